The van der Waals surface area contributed by atoms with Gasteiger partial charge in [-0.2, -0.15) is 10.5 Å². The maximum absolute atomic E-state index is 15.5. The van der Waals surface area contributed by atoms with Crippen LogP contribution < -0.4 is 53.8 Å². The number of pyridine rings is 1. The Hall–Kier alpha value is -7.65. The Morgan fingerprint density at radius 1 is 0.676 bits per heavy atom. The number of aromatic nitrogens is 5. The Morgan fingerprint density at radius 2 is 1.18 bits per heavy atom. The first-order valence-corrected chi connectivity index (χ1v) is 22.8. The average Bonchev–Trinajstić information content (AvgIpc) is 3.87. The molecular formula is C49H53N15O4. The molecule has 4 aliphatic heterocycles. The van der Waals surface area contributed by atoms with Gasteiger partial charge in [0.25, 0.3) is 11.1 Å². The number of fused-ring (bicyclic) bond motifs is 3. The number of nitrogens with two attached hydrogens (primary N) is 2. The van der Waals surface area contributed by atoms with E-state index in [1.54, 1.807) is 58.3 Å². The first-order valence-electron chi connectivity index (χ1n) is 22.8. The largest absolute Gasteiger partial charge is 0.332 e. The Morgan fingerprint density at radius 3 is 1.69 bits per heavy atom. The minimum Gasteiger partial charge on any atom is -0.327 e. The van der Waals surface area contributed by atoms with Crippen molar-refractivity contribution in [3.05, 3.63) is 119 Å². The highest BCUT2D eigenvalue weighted by Gasteiger charge is 2.55. The standard InChI is InChI=1S/C49H53N15O4/c1-5-7-23-59-40-42(55(3)48(67)61(44(40)65)28-34-17-10-9-16-33(34)26-50)63(46(59)57-21-13-18-36(52)29-57)64-43-41(60(24-8-6-2)47(64)58-22-14-19-37(53)30-58)45(66)62(49(68)56(43)4)31-39-35(27-51)25-32-15-11-12-20-38(32)54-39/h9-12,15-17,20,25,36-37,46-47H,13-14,18-19,21-24,28-31,52-53H2,1-4H3. The van der Waals surface area contributed by atoms with E-state index >= 15 is 14.4 Å². The molecule has 0 amide bonds. The highest BCUT2D eigenvalue weighted by Crippen LogP contribution is 2.47. The van der Waals surface area contributed by atoms with Crippen molar-refractivity contribution in [2.24, 2.45) is 25.6 Å². The normalized spacial score (nSPS) is 20.3. The third-order valence-corrected chi connectivity index (χ3v) is 13.4. The Bertz CT molecular complexity index is 3300. The first kappa shape index (κ1) is 45.5. The molecule has 19 heteroatoms. The van der Waals surface area contributed by atoms with Crippen molar-refractivity contribution in [3.63, 3.8) is 0 Å². The molecule has 19 nitrogen and oxygen atoms in total. The third-order valence-electron chi connectivity index (χ3n) is 13.4. The predicted octanol–water partition coefficient (Wildman–Crippen LogP) is 1.12. The summed E-state index contributed by atoms with van der Waals surface area (Å²) in [5.41, 5.74) is 13.1. The first-order chi connectivity index (χ1) is 32.9. The van der Waals surface area contributed by atoms with Crippen LogP contribution in [0.4, 0.5) is 23.0 Å². The maximum atomic E-state index is 15.5. The van der Waals surface area contributed by atoms with Crippen LogP contribution in [0.15, 0.2) is 73.8 Å². The zero-order valence-electron chi connectivity index (χ0n) is 38.6. The summed E-state index contributed by atoms with van der Waals surface area (Å²) in [5.74, 6) is 12.8. The molecule has 0 bridgehead atoms. The summed E-state index contributed by atoms with van der Waals surface area (Å²) in [6.07, 6.45) is 1.28. The number of hydrazine groups is 1. The molecule has 68 heavy (non-hydrogen) atoms. The van der Waals surface area contributed by atoms with Gasteiger partial charge in [-0.1, -0.05) is 48.2 Å². The molecule has 0 saturated carbocycles. The Kier molecular flexibility index (Phi) is 12.4. The van der Waals surface area contributed by atoms with E-state index < -0.39 is 35.1 Å². The van der Waals surface area contributed by atoms with E-state index in [1.165, 1.54) is 9.13 Å². The van der Waals surface area contributed by atoms with Crippen LogP contribution in [0.2, 0.25) is 0 Å². The van der Waals surface area contributed by atoms with Crippen LogP contribution in [0.3, 0.4) is 0 Å². The van der Waals surface area contributed by atoms with Gasteiger partial charge in [0.05, 0.1) is 54.6 Å². The number of para-hydroxylation sites is 1. The Balaban J connectivity index is 1.34. The number of piperidine rings is 2. The SMILES string of the molecule is CC#CCN1c2c(n(C)c(=O)n(Cc3ccccc3C#N)c2=O)N(N2c3c(c(=O)n(Cc4nc5ccccc5cc4C#N)c(=O)n3C)N(CC#CC)C2N2CCCC(N)C2)C1N1CCCC(N)C1. The zero-order valence-corrected chi connectivity index (χ0v) is 38.6. The molecule has 4 unspecified atom stereocenters. The minimum atomic E-state index is -0.870. The smallest absolute Gasteiger partial charge is 0.327 e. The number of benzene rings is 2. The number of nitriles is 2. The second-order valence-corrected chi connectivity index (χ2v) is 17.7. The molecule has 0 radical (unpaired) electrons. The van der Waals surface area contributed by atoms with Crippen LogP contribution in [-0.4, -0.2) is 97.0 Å². The van der Waals surface area contributed by atoms with Gasteiger partial charge in [0.1, 0.15) is 6.07 Å². The lowest BCUT2D eigenvalue weighted by Crippen LogP contribution is -2.70. The molecule has 4 aliphatic rings. The van der Waals surface area contributed by atoms with Crippen LogP contribution in [-0.2, 0) is 27.2 Å². The fourth-order valence-electron chi connectivity index (χ4n) is 10.2. The molecule has 0 spiro atoms. The van der Waals surface area contributed by atoms with Crippen molar-refractivity contribution in [2.75, 3.05) is 59.1 Å². The quantitative estimate of drug-likeness (QED) is 0.198. The van der Waals surface area contributed by atoms with Crippen molar-refractivity contribution >= 4 is 33.9 Å². The molecular weight excluding hydrogens is 863 g/mol. The van der Waals surface area contributed by atoms with E-state index in [0.717, 1.165) is 40.2 Å². The fraction of sp³-hybridized carbons (Fsp3) is 0.408. The van der Waals surface area contributed by atoms with Gasteiger partial charge in [-0.15, -0.1) is 11.8 Å². The van der Waals surface area contributed by atoms with Crippen LogP contribution in [0.5, 0.6) is 0 Å². The van der Waals surface area contributed by atoms with Crippen LogP contribution in [0.25, 0.3) is 10.9 Å². The van der Waals surface area contributed by atoms with Crippen LogP contribution >= 0.6 is 0 Å². The molecule has 4 N–H and O–H groups in total. The summed E-state index contributed by atoms with van der Waals surface area (Å²) in [7, 11) is 3.18. The summed E-state index contributed by atoms with van der Waals surface area (Å²) in [4.78, 5) is 73.7. The van der Waals surface area contributed by atoms with Gasteiger partial charge in [0, 0.05) is 57.7 Å². The molecule has 7 heterocycles. The zero-order chi connectivity index (χ0) is 48.0. The number of nitrogens with zero attached hydrogens (tertiary/aromatic N) is 13. The van der Waals surface area contributed by atoms with Crippen molar-refractivity contribution in [1.82, 2.24) is 33.1 Å². The number of hydrogen-bond donors (Lipinski definition) is 2. The fourth-order valence-corrected chi connectivity index (χ4v) is 10.2. The van der Waals surface area contributed by atoms with Gasteiger partial charge in [-0.05, 0) is 63.3 Å². The van der Waals surface area contributed by atoms with Crippen molar-refractivity contribution in [3.8, 4) is 35.8 Å². The summed E-state index contributed by atoms with van der Waals surface area (Å²) in [6.45, 7) is 4.99. The van der Waals surface area contributed by atoms with Crippen molar-refractivity contribution in [2.45, 2.75) is 77.3 Å². The van der Waals surface area contributed by atoms with E-state index in [2.05, 4.69) is 45.6 Å². The van der Waals surface area contributed by atoms with E-state index in [9.17, 15) is 15.3 Å². The molecule has 3 aromatic heterocycles. The van der Waals surface area contributed by atoms with Gasteiger partial charge < -0.3 is 21.3 Å². The summed E-state index contributed by atoms with van der Waals surface area (Å²) in [5, 5.41) is 24.8. The summed E-state index contributed by atoms with van der Waals surface area (Å²) < 4.78 is 5.06. The Labute approximate surface area is 392 Å². The van der Waals surface area contributed by atoms with Crippen LogP contribution in [0.1, 0.15) is 61.9 Å². The molecule has 2 fully saturated rings. The highest BCUT2D eigenvalue weighted by atomic mass is 16.2. The average molecular weight is 916 g/mol. The summed E-state index contributed by atoms with van der Waals surface area (Å²) in [6, 6.07) is 19.8. The van der Waals surface area contributed by atoms with Crippen molar-refractivity contribution in [1.29, 1.82) is 10.5 Å². The van der Waals surface area contributed by atoms with E-state index in [-0.39, 0.29) is 72.5 Å². The molecule has 9 rings (SSSR count). The minimum absolute atomic E-state index is 0.0469. The molecule has 0 aliphatic carbocycles. The van der Waals surface area contributed by atoms with Gasteiger partial charge >= 0.3 is 11.4 Å². The number of hydrogen-bond acceptors (Lipinski definition) is 15. The highest BCUT2D eigenvalue weighted by molar-refractivity contribution is 5.83. The maximum Gasteiger partial charge on any atom is 0.332 e. The predicted molar refractivity (Wildman–Crippen MR) is 259 cm³/mol. The van der Waals surface area contributed by atoms with Gasteiger partial charge in [0.2, 0.25) is 0 Å². The number of rotatable bonds is 9. The van der Waals surface area contributed by atoms with Gasteiger partial charge in [-0.25, -0.2) is 24.6 Å². The molecule has 5 aromatic rings. The van der Waals surface area contributed by atoms with E-state index in [1.807, 2.05) is 44.1 Å². The van der Waals surface area contributed by atoms with Crippen LogP contribution in [0, 0.1) is 46.3 Å². The summed E-state index contributed by atoms with van der Waals surface area (Å²) >= 11 is 0. The van der Waals surface area contributed by atoms with E-state index in [0.29, 0.717) is 42.8 Å². The topological polar surface area (TPSA) is 220 Å². The lowest BCUT2D eigenvalue weighted by Gasteiger charge is -2.50. The number of anilines is 4. The lowest BCUT2D eigenvalue weighted by molar-refractivity contribution is 0.116. The second-order valence-electron chi connectivity index (χ2n) is 17.7. The third kappa shape index (κ3) is 7.65. The van der Waals surface area contributed by atoms with Gasteiger partial charge in [-0.3, -0.25) is 37.7 Å². The number of likely N-dealkylation sites (tertiary alicyclic amines) is 2. The van der Waals surface area contributed by atoms with Gasteiger partial charge in [0.15, 0.2) is 35.6 Å². The lowest BCUT2D eigenvalue weighted by atomic mass is 10.1. The monoisotopic (exact) mass is 915 g/mol. The molecule has 2 saturated heterocycles. The molecule has 348 valence electrons. The molecule has 4 atom stereocenters. The second kappa shape index (κ2) is 18.6. The van der Waals surface area contributed by atoms with E-state index in [4.69, 9.17) is 16.5 Å². The van der Waals surface area contributed by atoms with Crippen molar-refractivity contribution < 1.29 is 0 Å². The molecule has 2 aromatic carbocycles.